The number of aromatic nitrogens is 1. The summed E-state index contributed by atoms with van der Waals surface area (Å²) in [5, 5.41) is 1.06. The lowest BCUT2D eigenvalue weighted by molar-refractivity contribution is -0.155. The van der Waals surface area contributed by atoms with Gasteiger partial charge in [-0.15, -0.1) is 0 Å². The van der Waals surface area contributed by atoms with Crippen molar-refractivity contribution in [2.45, 2.75) is 71.9 Å². The third-order valence-corrected chi connectivity index (χ3v) is 7.02. The molecule has 45 heavy (non-hydrogen) atoms. The van der Waals surface area contributed by atoms with E-state index < -0.39 is 5.60 Å². The first-order chi connectivity index (χ1) is 21.7. The summed E-state index contributed by atoms with van der Waals surface area (Å²) >= 11 is 0. The van der Waals surface area contributed by atoms with Gasteiger partial charge in [0.25, 0.3) is 0 Å². The monoisotopic (exact) mass is 611 g/mol. The third-order valence-electron chi connectivity index (χ3n) is 7.02. The number of carbonyl (C=O) groups is 2. The van der Waals surface area contributed by atoms with Crippen LogP contribution in [0.2, 0.25) is 0 Å². The van der Waals surface area contributed by atoms with E-state index in [0.29, 0.717) is 39.1 Å². The summed E-state index contributed by atoms with van der Waals surface area (Å²) in [6.45, 7) is 9.19. The molecule has 0 bridgehead atoms. The third kappa shape index (κ3) is 10.9. The van der Waals surface area contributed by atoms with Crippen LogP contribution in [0.1, 0.15) is 70.1 Å². The Morgan fingerprint density at radius 1 is 0.778 bits per heavy atom. The Labute approximate surface area is 266 Å². The Balaban J connectivity index is 1.41. The van der Waals surface area contributed by atoms with Gasteiger partial charge in [0.2, 0.25) is 0 Å². The van der Waals surface area contributed by atoms with E-state index in [0.717, 1.165) is 51.9 Å². The summed E-state index contributed by atoms with van der Waals surface area (Å²) in [7, 11) is 0. The Morgan fingerprint density at radius 2 is 1.47 bits per heavy atom. The smallest absolute Gasteiger partial charge is 0.326 e. The number of hydrogen-bond acceptors (Lipinski definition) is 6. The van der Waals surface area contributed by atoms with Crippen LogP contribution in [0.5, 0.6) is 11.5 Å². The van der Waals surface area contributed by atoms with E-state index in [-0.39, 0.29) is 18.5 Å². The average molecular weight is 612 g/mol. The molecular weight excluding hydrogens is 566 g/mol. The van der Waals surface area contributed by atoms with Crippen LogP contribution in [-0.4, -0.2) is 41.9 Å². The highest BCUT2D eigenvalue weighted by atomic mass is 16.6. The molecule has 0 unspecified atom stereocenters. The van der Waals surface area contributed by atoms with Gasteiger partial charge < -0.3 is 23.5 Å². The van der Waals surface area contributed by atoms with Crippen LogP contribution in [0.4, 0.5) is 0 Å². The normalized spacial score (nSPS) is 11.6. The zero-order valence-corrected chi connectivity index (χ0v) is 26.9. The van der Waals surface area contributed by atoms with E-state index >= 15 is 0 Å². The first-order valence-electron chi connectivity index (χ1n) is 15.8. The number of esters is 2. The van der Waals surface area contributed by atoms with Crippen molar-refractivity contribution in [3.8, 4) is 11.5 Å². The average Bonchev–Trinajstić information content (AvgIpc) is 3.35. The lowest BCUT2D eigenvalue weighted by Crippen LogP contribution is -2.26. The molecule has 0 radical (unpaired) electrons. The Morgan fingerprint density at radius 3 is 2.13 bits per heavy atom. The van der Waals surface area contributed by atoms with Crippen molar-refractivity contribution in [3.63, 3.8) is 0 Å². The first-order valence-corrected chi connectivity index (χ1v) is 15.8. The molecule has 4 aromatic rings. The van der Waals surface area contributed by atoms with Gasteiger partial charge in [-0.25, -0.2) is 0 Å². The number of rotatable bonds is 16. The largest absolute Gasteiger partial charge is 0.494 e. The number of fused-ring (bicyclic) bond motifs is 1. The molecule has 0 saturated carbocycles. The standard InChI is InChI=1S/C38H45NO6/c1-5-42-35(40)18-12-14-31-27-39(28-36(41)45-38(2,3)4)37-30(13-11-17-34(31)37)22-19-29-20-23-33(24-21-29)44-26-10-9-25-43-32-15-7-6-8-16-32/h6-8,11,13,15-17,19-24,27H,5,9-10,12,14,18,25-26,28H2,1-4H3/b22-19+. The van der Waals surface area contributed by atoms with Gasteiger partial charge in [-0.05, 0) is 94.3 Å². The molecule has 0 atom stereocenters. The number of nitrogens with zero attached hydrogens (tertiary/aromatic N) is 1. The van der Waals surface area contributed by atoms with Gasteiger partial charge >= 0.3 is 11.9 Å². The second-order valence-corrected chi connectivity index (χ2v) is 11.9. The van der Waals surface area contributed by atoms with Crippen LogP contribution in [0.15, 0.2) is 79.0 Å². The Kier molecular flexibility index (Phi) is 12.3. The van der Waals surface area contributed by atoms with E-state index in [9.17, 15) is 9.59 Å². The molecule has 0 aliphatic carbocycles. The summed E-state index contributed by atoms with van der Waals surface area (Å²) < 4.78 is 24.4. The molecule has 7 nitrogen and oxygen atoms in total. The van der Waals surface area contributed by atoms with Crippen LogP contribution in [0.25, 0.3) is 23.1 Å². The summed E-state index contributed by atoms with van der Waals surface area (Å²) in [5.74, 6) is 1.23. The highest BCUT2D eigenvalue weighted by Crippen LogP contribution is 2.28. The number of para-hydroxylation sites is 2. The van der Waals surface area contributed by atoms with E-state index in [2.05, 4.69) is 18.2 Å². The van der Waals surface area contributed by atoms with Gasteiger partial charge in [0.05, 0.1) is 25.3 Å². The maximum absolute atomic E-state index is 12.8. The van der Waals surface area contributed by atoms with Crippen LogP contribution in [-0.2, 0) is 32.0 Å². The Bertz CT molecular complexity index is 1550. The fourth-order valence-corrected chi connectivity index (χ4v) is 5.05. The molecule has 4 rings (SSSR count). The van der Waals surface area contributed by atoms with Crippen molar-refractivity contribution in [1.82, 2.24) is 4.57 Å². The van der Waals surface area contributed by atoms with Crippen molar-refractivity contribution in [2.24, 2.45) is 0 Å². The maximum Gasteiger partial charge on any atom is 0.326 e. The van der Waals surface area contributed by atoms with Crippen LogP contribution < -0.4 is 9.47 Å². The second-order valence-electron chi connectivity index (χ2n) is 11.9. The minimum absolute atomic E-state index is 0.0981. The van der Waals surface area contributed by atoms with E-state index in [4.69, 9.17) is 18.9 Å². The fourth-order valence-electron chi connectivity index (χ4n) is 5.05. The predicted molar refractivity (Wildman–Crippen MR) is 179 cm³/mol. The minimum atomic E-state index is -0.572. The van der Waals surface area contributed by atoms with Crippen LogP contribution in [0.3, 0.4) is 0 Å². The number of ether oxygens (including phenoxy) is 4. The lowest BCUT2D eigenvalue weighted by Gasteiger charge is -2.20. The number of carbonyl (C=O) groups excluding carboxylic acids is 2. The zero-order valence-electron chi connectivity index (χ0n) is 26.9. The zero-order chi connectivity index (χ0) is 32.1. The van der Waals surface area contributed by atoms with Crippen molar-refractivity contribution >= 4 is 35.0 Å². The molecular formula is C38H45NO6. The predicted octanol–water partition coefficient (Wildman–Crippen LogP) is 8.28. The summed E-state index contributed by atoms with van der Waals surface area (Å²) in [5.41, 5.74) is 3.50. The highest BCUT2D eigenvalue weighted by Gasteiger charge is 2.19. The molecule has 238 valence electrons. The number of hydrogen-bond donors (Lipinski definition) is 0. The molecule has 3 aromatic carbocycles. The highest BCUT2D eigenvalue weighted by molar-refractivity contribution is 5.94. The molecule has 0 spiro atoms. The molecule has 1 aromatic heterocycles. The SMILES string of the molecule is CCOC(=O)CCCc1cn(CC(=O)OC(C)(C)C)c2c(/C=C/c3ccc(OCCCCOc4ccccc4)cc3)cccc12. The van der Waals surface area contributed by atoms with Crippen LogP contribution >= 0.6 is 0 Å². The number of unbranched alkanes of at least 4 members (excludes halogenated alkanes) is 1. The van der Waals surface area contributed by atoms with E-state index in [1.165, 1.54) is 0 Å². The summed E-state index contributed by atoms with van der Waals surface area (Å²) in [6, 6.07) is 24.0. The van der Waals surface area contributed by atoms with Crippen molar-refractivity contribution in [3.05, 3.63) is 95.7 Å². The number of benzene rings is 3. The summed E-state index contributed by atoms with van der Waals surface area (Å²) in [6.07, 6.45) is 9.69. The van der Waals surface area contributed by atoms with E-state index in [1.54, 1.807) is 0 Å². The first kappa shape index (κ1) is 33.4. The summed E-state index contributed by atoms with van der Waals surface area (Å²) in [4.78, 5) is 24.7. The van der Waals surface area contributed by atoms with Gasteiger partial charge in [0.1, 0.15) is 23.6 Å². The Hall–Kier alpha value is -4.52. The van der Waals surface area contributed by atoms with Gasteiger partial charge in [-0.1, -0.05) is 60.7 Å². The molecule has 0 N–H and O–H groups in total. The molecule has 1 heterocycles. The molecule has 0 amide bonds. The van der Waals surface area contributed by atoms with Crippen molar-refractivity contribution in [1.29, 1.82) is 0 Å². The van der Waals surface area contributed by atoms with Gasteiger partial charge in [-0.3, -0.25) is 9.59 Å². The maximum atomic E-state index is 12.8. The van der Waals surface area contributed by atoms with Gasteiger partial charge in [0.15, 0.2) is 0 Å². The minimum Gasteiger partial charge on any atom is -0.494 e. The second kappa shape index (κ2) is 16.5. The molecule has 0 fully saturated rings. The molecule has 0 saturated heterocycles. The van der Waals surface area contributed by atoms with E-state index in [1.807, 2.05) is 105 Å². The fraction of sp³-hybridized carbons (Fsp3) is 0.368. The quantitative estimate of drug-likeness (QED) is 0.0721. The van der Waals surface area contributed by atoms with Gasteiger partial charge in [0, 0.05) is 18.0 Å². The topological polar surface area (TPSA) is 76.0 Å². The van der Waals surface area contributed by atoms with Crippen LogP contribution in [0, 0.1) is 0 Å². The molecule has 0 aliphatic heterocycles. The van der Waals surface area contributed by atoms with Gasteiger partial charge in [-0.2, -0.15) is 0 Å². The lowest BCUT2D eigenvalue weighted by atomic mass is 10.0. The van der Waals surface area contributed by atoms with Crippen molar-refractivity contribution < 1.29 is 28.5 Å². The number of aryl methyl sites for hydroxylation is 1. The molecule has 7 heteroatoms. The van der Waals surface area contributed by atoms with Crippen molar-refractivity contribution in [2.75, 3.05) is 19.8 Å². The molecule has 0 aliphatic rings.